The highest BCUT2D eigenvalue weighted by Gasteiger charge is 2.51. The number of allylic oxidation sites excluding steroid dienone is 7. The third-order valence-corrected chi connectivity index (χ3v) is 16.5. The molecule has 0 radical (unpaired) electrons. The maximum atomic E-state index is 13.3. The molecule has 2 fully saturated rings. The summed E-state index contributed by atoms with van der Waals surface area (Å²) in [5, 5.41) is 87.3. The molecule has 14 heteroatoms. The van der Waals surface area contributed by atoms with Gasteiger partial charge in [0.1, 0.15) is 48.8 Å². The Labute approximate surface area is 499 Å². The quantitative estimate of drug-likeness (QED) is 0.0204. The van der Waals surface area contributed by atoms with E-state index in [2.05, 4.69) is 55.6 Å². The molecule has 1 amide bonds. The Morgan fingerprint density at radius 1 is 0.427 bits per heavy atom. The van der Waals surface area contributed by atoms with Crippen molar-refractivity contribution in [3.63, 3.8) is 0 Å². The number of hydrogen-bond acceptors (Lipinski definition) is 13. The molecule has 14 nitrogen and oxygen atoms in total. The van der Waals surface area contributed by atoms with Gasteiger partial charge in [0, 0.05) is 6.42 Å². The molecule has 2 aliphatic rings. The van der Waals surface area contributed by atoms with Crippen LogP contribution in [0.1, 0.15) is 284 Å². The summed E-state index contributed by atoms with van der Waals surface area (Å²) < 4.78 is 22.8. The van der Waals surface area contributed by atoms with Gasteiger partial charge in [0.25, 0.3) is 0 Å². The molecule has 9 N–H and O–H groups in total. The molecule has 0 saturated carbocycles. The lowest BCUT2D eigenvalue weighted by molar-refractivity contribution is -0.359. The first kappa shape index (κ1) is 76.0. The molecule has 2 rings (SSSR count). The second kappa shape index (κ2) is 53.2. The number of nitrogens with one attached hydrogen (secondary N) is 1. The summed E-state index contributed by atoms with van der Waals surface area (Å²) in [7, 11) is 0. The highest BCUT2D eigenvalue weighted by molar-refractivity contribution is 5.76. The summed E-state index contributed by atoms with van der Waals surface area (Å²) >= 11 is 0. The van der Waals surface area contributed by atoms with Crippen molar-refractivity contribution in [1.82, 2.24) is 5.32 Å². The maximum absolute atomic E-state index is 13.3. The molecule has 0 aromatic heterocycles. The highest BCUT2D eigenvalue weighted by atomic mass is 16.7. The summed E-state index contributed by atoms with van der Waals surface area (Å²) in [6, 6.07) is -0.941. The molecular weight excluding hydrogens is 1040 g/mol. The number of carbonyl (C=O) groups excluding carboxylic acids is 1. The third kappa shape index (κ3) is 37.5. The highest BCUT2D eigenvalue weighted by Crippen LogP contribution is 2.30. The Hall–Kier alpha value is -2.05. The van der Waals surface area contributed by atoms with Crippen LogP contribution in [0.5, 0.6) is 0 Å². The van der Waals surface area contributed by atoms with Crippen molar-refractivity contribution in [3.05, 3.63) is 48.6 Å². The number of aliphatic hydroxyl groups excluding tert-OH is 8. The molecule has 12 atom stereocenters. The lowest BCUT2D eigenvalue weighted by Gasteiger charge is -2.46. The Bertz CT molecular complexity index is 1560. The number of amides is 1. The summed E-state index contributed by atoms with van der Waals surface area (Å²) in [6.07, 6.45) is 51.6. The first-order chi connectivity index (χ1) is 40.1. The monoisotopic (exact) mass is 1160 g/mol. The molecule has 0 aromatic carbocycles. The van der Waals surface area contributed by atoms with E-state index >= 15 is 0 Å². The lowest BCUT2D eigenvalue weighted by Crippen LogP contribution is -2.65. The Balaban J connectivity index is 1.73. The molecule has 82 heavy (non-hydrogen) atoms. The average Bonchev–Trinajstić information content (AvgIpc) is 3.66. The molecule has 2 aliphatic heterocycles. The fourth-order valence-corrected chi connectivity index (χ4v) is 11.0. The van der Waals surface area contributed by atoms with Crippen LogP contribution in [0.15, 0.2) is 48.6 Å². The normalized spacial score (nSPS) is 24.2. The SMILES string of the molecule is CCCCCCCCCC/C=C\CCCCCCCCCCCC(=O)NC(COC1OC(CO)C(OC2OC(CO)C(O)C(O)C2O)C(O)C1O)C(O)/C=C/CC/C=C/CC/C=C/CCCCCCCCCCCCCCCCCCC. The molecule has 0 aromatic rings. The fourth-order valence-electron chi connectivity index (χ4n) is 11.0. The van der Waals surface area contributed by atoms with E-state index < -0.39 is 86.8 Å². The van der Waals surface area contributed by atoms with Gasteiger partial charge in [-0.2, -0.15) is 0 Å². The van der Waals surface area contributed by atoms with Crippen LogP contribution in [-0.2, 0) is 23.7 Å². The van der Waals surface area contributed by atoms with Crippen LogP contribution < -0.4 is 5.32 Å². The van der Waals surface area contributed by atoms with Gasteiger partial charge < -0.3 is 65.1 Å². The third-order valence-electron chi connectivity index (χ3n) is 16.5. The van der Waals surface area contributed by atoms with Gasteiger partial charge in [-0.3, -0.25) is 4.79 Å². The summed E-state index contributed by atoms with van der Waals surface area (Å²) in [5.41, 5.74) is 0. The van der Waals surface area contributed by atoms with Crippen molar-refractivity contribution in [2.24, 2.45) is 0 Å². The van der Waals surface area contributed by atoms with Gasteiger partial charge in [-0.15, -0.1) is 0 Å². The fraction of sp³-hybridized carbons (Fsp3) is 0.868. The first-order valence-corrected chi connectivity index (χ1v) is 33.9. The van der Waals surface area contributed by atoms with Crippen molar-refractivity contribution < 1.29 is 64.6 Å². The maximum Gasteiger partial charge on any atom is 0.220 e. The van der Waals surface area contributed by atoms with Crippen LogP contribution in [0.25, 0.3) is 0 Å². The van der Waals surface area contributed by atoms with E-state index in [4.69, 9.17) is 18.9 Å². The van der Waals surface area contributed by atoms with Crippen molar-refractivity contribution in [2.45, 2.75) is 357 Å². The molecule has 12 unspecified atom stereocenters. The van der Waals surface area contributed by atoms with E-state index in [1.165, 1.54) is 205 Å². The zero-order valence-electron chi connectivity index (χ0n) is 52.0. The minimum atomic E-state index is -1.79. The first-order valence-electron chi connectivity index (χ1n) is 33.9. The Morgan fingerprint density at radius 3 is 1.20 bits per heavy atom. The van der Waals surface area contributed by atoms with Crippen LogP contribution in [0, 0.1) is 0 Å². The topological polar surface area (TPSA) is 228 Å². The van der Waals surface area contributed by atoms with E-state index in [9.17, 15) is 45.6 Å². The molecule has 0 bridgehead atoms. The van der Waals surface area contributed by atoms with E-state index in [-0.39, 0.29) is 18.9 Å². The van der Waals surface area contributed by atoms with E-state index in [1.54, 1.807) is 6.08 Å². The van der Waals surface area contributed by atoms with E-state index in [0.29, 0.717) is 12.8 Å². The largest absolute Gasteiger partial charge is 0.394 e. The van der Waals surface area contributed by atoms with Crippen molar-refractivity contribution in [1.29, 1.82) is 0 Å². The van der Waals surface area contributed by atoms with E-state index in [1.807, 2.05) is 6.08 Å². The lowest BCUT2D eigenvalue weighted by atomic mass is 9.97. The smallest absolute Gasteiger partial charge is 0.220 e. The molecule has 480 valence electrons. The molecule has 0 spiro atoms. The minimum absolute atomic E-state index is 0.253. The van der Waals surface area contributed by atoms with Gasteiger partial charge in [0.2, 0.25) is 5.91 Å². The van der Waals surface area contributed by atoms with Crippen molar-refractivity contribution >= 4 is 5.91 Å². The second-order valence-electron chi connectivity index (χ2n) is 23.9. The zero-order chi connectivity index (χ0) is 59.5. The summed E-state index contributed by atoms with van der Waals surface area (Å²) in [4.78, 5) is 13.3. The predicted octanol–water partition coefficient (Wildman–Crippen LogP) is 13.1. The number of hydrogen-bond donors (Lipinski definition) is 9. The van der Waals surface area contributed by atoms with Crippen molar-refractivity contribution in [2.75, 3.05) is 19.8 Å². The van der Waals surface area contributed by atoms with Crippen LogP contribution >= 0.6 is 0 Å². The number of carbonyl (C=O) groups is 1. The van der Waals surface area contributed by atoms with E-state index in [0.717, 1.165) is 44.9 Å². The Morgan fingerprint density at radius 2 is 0.780 bits per heavy atom. The minimum Gasteiger partial charge on any atom is -0.394 e. The predicted molar refractivity (Wildman–Crippen MR) is 332 cm³/mol. The number of ether oxygens (including phenoxy) is 4. The second-order valence-corrected chi connectivity index (χ2v) is 23.9. The van der Waals surface area contributed by atoms with Gasteiger partial charge in [-0.25, -0.2) is 0 Å². The zero-order valence-corrected chi connectivity index (χ0v) is 52.0. The van der Waals surface area contributed by atoms with Gasteiger partial charge in [0.15, 0.2) is 12.6 Å². The number of rotatable bonds is 55. The average molecular weight is 1160 g/mol. The molecule has 2 heterocycles. The van der Waals surface area contributed by atoms with Gasteiger partial charge >= 0.3 is 0 Å². The standard InChI is InChI=1S/C68H125NO13/c1-3-5-7-9-11-13-15-17-19-21-23-25-26-27-28-29-30-32-33-35-37-39-41-43-45-47-49-51-57(72)56(55-79-67-65(78)63(76)66(59(54-71)81-67)82-68-64(77)62(75)61(74)58(53-70)80-68)69-60(73)52-50-48-46-44-42-40-38-36-34-31-24-22-20-18-16-14-12-10-8-6-4-2/h22,24,33,35,41,43,49,51,56-59,61-68,70-72,74-78H,3-21,23,25-32,34,36-40,42,44-48,50,52-55H2,1-2H3,(H,69,73)/b24-22-,35-33+,43-41+,51-49+. The van der Waals surface area contributed by atoms with Gasteiger partial charge in [0.05, 0.1) is 32.0 Å². The van der Waals surface area contributed by atoms with Gasteiger partial charge in [-0.05, 0) is 70.6 Å². The summed E-state index contributed by atoms with van der Waals surface area (Å²) in [5.74, 6) is -0.253. The number of aliphatic hydroxyl groups is 8. The van der Waals surface area contributed by atoms with Gasteiger partial charge in [-0.1, -0.05) is 255 Å². The van der Waals surface area contributed by atoms with Crippen molar-refractivity contribution in [3.8, 4) is 0 Å². The van der Waals surface area contributed by atoms with Crippen LogP contribution in [0.4, 0.5) is 0 Å². The molecule has 0 aliphatic carbocycles. The van der Waals surface area contributed by atoms with Crippen LogP contribution in [0.3, 0.4) is 0 Å². The summed E-state index contributed by atoms with van der Waals surface area (Å²) in [6.45, 7) is 2.80. The van der Waals surface area contributed by atoms with Crippen LogP contribution in [0.2, 0.25) is 0 Å². The molecule has 2 saturated heterocycles. The van der Waals surface area contributed by atoms with Crippen LogP contribution in [-0.4, -0.2) is 140 Å². The Kier molecular flexibility index (Phi) is 49.3. The molecular formula is C68H125NO13. The number of unbranched alkanes of at least 4 members (excludes halogenated alkanes) is 36.